The van der Waals surface area contributed by atoms with Crippen LogP contribution in [0.4, 0.5) is 5.69 Å². The van der Waals surface area contributed by atoms with Crippen LogP contribution in [0.5, 0.6) is 5.75 Å². The Balaban J connectivity index is 3.50. The van der Waals surface area contributed by atoms with Crippen LogP contribution < -0.4 is 5.73 Å². The molecule has 16 heavy (non-hydrogen) atoms. The van der Waals surface area contributed by atoms with Crippen LogP contribution in [0.15, 0.2) is 12.1 Å². The number of aromatic hydroxyl groups is 1. The molecule has 84 valence electrons. The van der Waals surface area contributed by atoms with Crippen LogP contribution in [-0.2, 0) is 0 Å². The van der Waals surface area contributed by atoms with Crippen LogP contribution in [0.3, 0.4) is 0 Å². The summed E-state index contributed by atoms with van der Waals surface area (Å²) in [5.74, 6) is -0.557. The second kappa shape index (κ2) is 4.57. The maximum absolute atomic E-state index is 10.7. The molecule has 1 atom stereocenters. The third kappa shape index (κ3) is 1.93. The number of rotatable bonds is 3. The van der Waals surface area contributed by atoms with E-state index in [-0.39, 0.29) is 11.1 Å². The number of aliphatic hydroxyl groups excluding tert-OH is 1. The molecule has 0 fully saturated rings. The summed E-state index contributed by atoms with van der Waals surface area (Å²) in [5, 5.41) is 37.8. The van der Waals surface area contributed by atoms with Crippen LogP contribution >= 0.6 is 0 Å². The van der Waals surface area contributed by atoms with E-state index < -0.39 is 29.0 Å². The van der Waals surface area contributed by atoms with Crippen molar-refractivity contribution in [3.63, 3.8) is 0 Å². The lowest BCUT2D eigenvalue weighted by Crippen LogP contribution is -2.16. The molecule has 1 rings (SSSR count). The summed E-state index contributed by atoms with van der Waals surface area (Å²) in [7, 11) is 0. The number of aliphatic hydroxyl groups is 1. The van der Waals surface area contributed by atoms with Gasteiger partial charge in [0.05, 0.1) is 28.7 Å². The van der Waals surface area contributed by atoms with Gasteiger partial charge in [-0.15, -0.1) is 0 Å². The predicted molar refractivity (Wildman–Crippen MR) is 53.5 cm³/mol. The molecule has 0 unspecified atom stereocenters. The van der Waals surface area contributed by atoms with Crippen LogP contribution in [0.2, 0.25) is 0 Å². The first-order chi connectivity index (χ1) is 7.52. The zero-order chi connectivity index (χ0) is 12.3. The summed E-state index contributed by atoms with van der Waals surface area (Å²) in [6.45, 7) is -0.566. The highest BCUT2D eigenvalue weighted by Gasteiger charge is 2.25. The van der Waals surface area contributed by atoms with Gasteiger partial charge in [0.15, 0.2) is 0 Å². The van der Waals surface area contributed by atoms with Crippen LogP contribution in [0.1, 0.15) is 17.2 Å². The first-order valence-electron chi connectivity index (χ1n) is 4.29. The van der Waals surface area contributed by atoms with E-state index >= 15 is 0 Å². The Morgan fingerprint density at radius 3 is 2.69 bits per heavy atom. The smallest absolute Gasteiger partial charge is 0.278 e. The highest BCUT2D eigenvalue weighted by molar-refractivity contribution is 5.58. The lowest BCUT2D eigenvalue weighted by atomic mass is 10.0. The molecular weight excluding hydrogens is 214 g/mol. The lowest BCUT2D eigenvalue weighted by molar-refractivity contribution is -0.385. The van der Waals surface area contributed by atoms with Gasteiger partial charge >= 0.3 is 0 Å². The van der Waals surface area contributed by atoms with E-state index in [2.05, 4.69) is 0 Å². The Bertz CT molecular complexity index is 467. The van der Waals surface area contributed by atoms with Gasteiger partial charge in [0.1, 0.15) is 11.8 Å². The minimum atomic E-state index is -1.10. The summed E-state index contributed by atoms with van der Waals surface area (Å²) in [6.07, 6.45) is 0. The molecule has 0 bridgehead atoms. The minimum Gasteiger partial charge on any atom is -0.506 e. The Morgan fingerprint density at radius 2 is 2.25 bits per heavy atom. The molecule has 0 spiro atoms. The second-order valence-electron chi connectivity index (χ2n) is 3.05. The molecule has 4 N–H and O–H groups in total. The first kappa shape index (κ1) is 11.9. The fraction of sp³-hybridized carbons (Fsp3) is 0.222. The zero-order valence-corrected chi connectivity index (χ0v) is 8.12. The van der Waals surface area contributed by atoms with Gasteiger partial charge in [0.2, 0.25) is 0 Å². The quantitative estimate of drug-likeness (QED) is 0.493. The van der Waals surface area contributed by atoms with Gasteiger partial charge in [0, 0.05) is 6.07 Å². The van der Waals surface area contributed by atoms with Crippen LogP contribution in [0.25, 0.3) is 0 Å². The zero-order valence-electron chi connectivity index (χ0n) is 8.12. The van der Waals surface area contributed by atoms with Gasteiger partial charge in [-0.25, -0.2) is 0 Å². The molecule has 0 saturated heterocycles. The molecular formula is C9H9N3O4. The van der Waals surface area contributed by atoms with Crippen molar-refractivity contribution in [2.24, 2.45) is 5.73 Å². The third-order valence-corrected chi connectivity index (χ3v) is 2.08. The van der Waals surface area contributed by atoms with E-state index in [0.29, 0.717) is 0 Å². The topological polar surface area (TPSA) is 133 Å². The highest BCUT2D eigenvalue weighted by Crippen LogP contribution is 2.34. The molecule has 0 heterocycles. The molecule has 0 aliphatic rings. The predicted octanol–water partition coefficient (Wildman–Crippen LogP) is 0.164. The molecule has 7 nitrogen and oxygen atoms in total. The molecule has 1 aromatic carbocycles. The SMILES string of the molecule is N#Cc1ccc([N+](=O)[O-])c([C@@H](N)CO)c1O. The van der Waals surface area contributed by atoms with Crippen molar-refractivity contribution >= 4 is 5.69 Å². The fourth-order valence-electron chi connectivity index (χ4n) is 1.30. The maximum atomic E-state index is 10.7. The number of nitrogens with zero attached hydrogens (tertiary/aromatic N) is 2. The normalized spacial score (nSPS) is 11.8. The number of nitrogens with two attached hydrogens (primary N) is 1. The molecule has 7 heteroatoms. The minimum absolute atomic E-state index is 0.121. The lowest BCUT2D eigenvalue weighted by Gasteiger charge is -2.11. The van der Waals surface area contributed by atoms with Crippen LogP contribution in [-0.4, -0.2) is 21.7 Å². The third-order valence-electron chi connectivity index (χ3n) is 2.08. The molecule has 0 aliphatic carbocycles. The fourth-order valence-corrected chi connectivity index (χ4v) is 1.30. The van der Waals surface area contributed by atoms with Gasteiger partial charge < -0.3 is 15.9 Å². The summed E-state index contributed by atoms with van der Waals surface area (Å²) in [5.41, 5.74) is 4.66. The van der Waals surface area contributed by atoms with E-state index in [9.17, 15) is 15.2 Å². The van der Waals surface area contributed by atoms with E-state index in [1.165, 1.54) is 0 Å². The average Bonchev–Trinajstić information content (AvgIpc) is 2.27. The van der Waals surface area contributed by atoms with Crippen molar-refractivity contribution in [1.82, 2.24) is 0 Å². The molecule has 0 radical (unpaired) electrons. The molecule has 0 saturated carbocycles. The summed E-state index contributed by atoms with van der Waals surface area (Å²) in [6, 6.07) is 2.77. The monoisotopic (exact) mass is 223 g/mol. The van der Waals surface area contributed by atoms with Gasteiger partial charge in [-0.3, -0.25) is 10.1 Å². The molecule has 0 aliphatic heterocycles. The molecule has 1 aromatic rings. The Morgan fingerprint density at radius 1 is 1.62 bits per heavy atom. The Labute approximate surface area is 90.5 Å². The largest absolute Gasteiger partial charge is 0.506 e. The summed E-state index contributed by atoms with van der Waals surface area (Å²) in [4.78, 5) is 9.94. The van der Waals surface area contributed by atoms with E-state index in [1.54, 1.807) is 6.07 Å². The molecule has 0 aromatic heterocycles. The van der Waals surface area contributed by atoms with E-state index in [4.69, 9.17) is 16.1 Å². The van der Waals surface area contributed by atoms with E-state index in [0.717, 1.165) is 12.1 Å². The Kier molecular flexibility index (Phi) is 3.40. The number of nitriles is 1. The number of benzene rings is 1. The van der Waals surface area contributed by atoms with Crippen LogP contribution in [0, 0.1) is 21.4 Å². The Hall–Kier alpha value is -2.17. The second-order valence-corrected chi connectivity index (χ2v) is 3.05. The van der Waals surface area contributed by atoms with Crippen molar-refractivity contribution in [1.29, 1.82) is 5.26 Å². The molecule has 0 amide bonds. The summed E-state index contributed by atoms with van der Waals surface area (Å²) >= 11 is 0. The number of phenols is 1. The number of nitro groups is 1. The van der Waals surface area contributed by atoms with Gasteiger partial charge in [-0.05, 0) is 6.07 Å². The van der Waals surface area contributed by atoms with Gasteiger partial charge in [0.25, 0.3) is 5.69 Å². The highest BCUT2D eigenvalue weighted by atomic mass is 16.6. The number of hydrogen-bond donors (Lipinski definition) is 3. The number of hydrogen-bond acceptors (Lipinski definition) is 6. The number of phenolic OH excluding ortho intramolecular Hbond substituents is 1. The van der Waals surface area contributed by atoms with Crippen molar-refractivity contribution in [3.8, 4) is 11.8 Å². The number of nitro benzene ring substituents is 1. The van der Waals surface area contributed by atoms with Crippen molar-refractivity contribution in [3.05, 3.63) is 33.4 Å². The van der Waals surface area contributed by atoms with Crippen molar-refractivity contribution in [2.75, 3.05) is 6.61 Å². The first-order valence-corrected chi connectivity index (χ1v) is 4.29. The standard InChI is InChI=1S/C9H9N3O4/c10-3-5-1-2-7(12(15)16)8(9(5)14)6(11)4-13/h1-2,6,13-14H,4,11H2/t6-/m0/s1. The van der Waals surface area contributed by atoms with E-state index in [1.807, 2.05) is 0 Å². The van der Waals surface area contributed by atoms with Crippen molar-refractivity contribution < 1.29 is 15.1 Å². The van der Waals surface area contributed by atoms with Gasteiger partial charge in [-0.2, -0.15) is 5.26 Å². The summed E-state index contributed by atoms with van der Waals surface area (Å²) < 4.78 is 0. The van der Waals surface area contributed by atoms with Crippen molar-refractivity contribution in [2.45, 2.75) is 6.04 Å². The average molecular weight is 223 g/mol. The maximum Gasteiger partial charge on any atom is 0.278 e. The van der Waals surface area contributed by atoms with Gasteiger partial charge in [-0.1, -0.05) is 0 Å².